The molecule has 2 unspecified atom stereocenters. The lowest BCUT2D eigenvalue weighted by Crippen LogP contribution is -2.50. The Morgan fingerprint density at radius 1 is 0.892 bits per heavy atom. The number of aliphatic hydroxyl groups is 2. The maximum absolute atomic E-state index is 12.3. The van der Waals surface area contributed by atoms with Crippen molar-refractivity contribution in [2.75, 3.05) is 13.2 Å². The van der Waals surface area contributed by atoms with Crippen LogP contribution >= 0.6 is 12.6 Å². The largest absolute Gasteiger partial charge is 0.396 e. The van der Waals surface area contributed by atoms with E-state index in [0.717, 1.165) is 32.1 Å². The van der Waals surface area contributed by atoms with Crippen molar-refractivity contribution >= 4 is 29.6 Å². The summed E-state index contributed by atoms with van der Waals surface area (Å²) in [5, 5.41) is 24.3. The van der Waals surface area contributed by atoms with Crippen molar-refractivity contribution in [1.82, 2.24) is 10.6 Å². The SMILES string of the molecule is CCCCCCCC/C=C\CCCCCCCC(=O)NC(C)[C@H](CNC(=O)C(O)C(C)(C)CO)C(=O)S. The van der Waals surface area contributed by atoms with Crippen LogP contribution in [-0.4, -0.2) is 52.4 Å². The first-order chi connectivity index (χ1) is 17.6. The number of hydrogen-bond donors (Lipinski definition) is 5. The second-order valence-corrected chi connectivity index (χ2v) is 11.4. The average molecular weight is 543 g/mol. The first kappa shape index (κ1) is 35.6. The Bertz CT molecular complexity index is 669. The number of amides is 2. The molecule has 8 heteroatoms. The van der Waals surface area contributed by atoms with Gasteiger partial charge in [-0.1, -0.05) is 84.3 Å². The molecule has 0 saturated carbocycles. The average Bonchev–Trinajstić information content (AvgIpc) is 2.85. The standard InChI is InChI=1S/C29H54N2O5S/c1-5-6-7-8-9-10-11-12-13-14-15-16-17-18-19-20-25(33)31-23(2)24(28(36)37)21-30-27(35)26(34)29(3,4)22-32/h12-13,23-24,26,32,34H,5-11,14-22H2,1-4H3,(H,30,35)(H,31,33)(H,36,37)/b13-12-/t23?,24-,26?/m0/s1. The van der Waals surface area contributed by atoms with Gasteiger partial charge in [0.25, 0.3) is 0 Å². The molecule has 0 aliphatic rings. The molecule has 0 fully saturated rings. The van der Waals surface area contributed by atoms with Crippen LogP contribution in [0.15, 0.2) is 12.2 Å². The number of carbonyl (C=O) groups excluding carboxylic acids is 3. The Morgan fingerprint density at radius 2 is 1.41 bits per heavy atom. The van der Waals surface area contributed by atoms with Crippen LogP contribution in [0, 0.1) is 11.3 Å². The van der Waals surface area contributed by atoms with E-state index in [1.807, 2.05) is 0 Å². The second-order valence-electron chi connectivity index (χ2n) is 10.9. The van der Waals surface area contributed by atoms with Crippen LogP contribution < -0.4 is 10.6 Å². The Kier molecular flexibility index (Phi) is 20.7. The number of nitrogens with one attached hydrogen (secondary N) is 2. The van der Waals surface area contributed by atoms with E-state index in [1.165, 1.54) is 51.4 Å². The third-order valence-electron chi connectivity index (χ3n) is 6.87. The molecule has 0 aromatic carbocycles. The highest BCUT2D eigenvalue weighted by molar-refractivity contribution is 7.96. The lowest BCUT2D eigenvalue weighted by atomic mass is 9.87. The van der Waals surface area contributed by atoms with Crippen LogP contribution in [0.25, 0.3) is 0 Å². The van der Waals surface area contributed by atoms with E-state index in [0.29, 0.717) is 6.42 Å². The minimum atomic E-state index is -1.42. The number of carbonyl (C=O) groups is 3. The van der Waals surface area contributed by atoms with Crippen molar-refractivity contribution < 1.29 is 24.6 Å². The van der Waals surface area contributed by atoms with E-state index in [9.17, 15) is 24.6 Å². The zero-order chi connectivity index (χ0) is 28.1. The van der Waals surface area contributed by atoms with E-state index >= 15 is 0 Å². The van der Waals surface area contributed by atoms with E-state index in [1.54, 1.807) is 20.8 Å². The van der Waals surface area contributed by atoms with Crippen molar-refractivity contribution in [3.63, 3.8) is 0 Å². The Hall–Kier alpha value is -1.38. The molecular formula is C29H54N2O5S. The molecule has 2 amide bonds. The number of allylic oxidation sites excluding steroid dienone is 2. The molecule has 0 heterocycles. The van der Waals surface area contributed by atoms with Crippen LogP contribution in [0.1, 0.15) is 118 Å². The minimum Gasteiger partial charge on any atom is -0.396 e. The summed E-state index contributed by atoms with van der Waals surface area (Å²) in [6.45, 7) is 6.66. The molecular weight excluding hydrogens is 488 g/mol. The maximum atomic E-state index is 12.3. The van der Waals surface area contributed by atoms with Crippen molar-refractivity contribution in [2.45, 2.75) is 130 Å². The Balaban J connectivity index is 4.02. The number of hydrogen-bond acceptors (Lipinski definition) is 5. The van der Waals surface area contributed by atoms with Gasteiger partial charge in [-0.05, 0) is 39.0 Å². The lowest BCUT2D eigenvalue weighted by Gasteiger charge is -2.28. The number of unbranched alkanes of at least 4 members (excludes halogenated alkanes) is 11. The monoisotopic (exact) mass is 542 g/mol. The normalized spacial score (nSPS) is 14.4. The zero-order valence-corrected chi connectivity index (χ0v) is 24.7. The van der Waals surface area contributed by atoms with Crippen molar-refractivity contribution in [3.8, 4) is 0 Å². The molecule has 37 heavy (non-hydrogen) atoms. The predicted molar refractivity (Wildman–Crippen MR) is 154 cm³/mol. The van der Waals surface area contributed by atoms with E-state index in [2.05, 4.69) is 42.3 Å². The summed E-state index contributed by atoms with van der Waals surface area (Å²) < 4.78 is 0. The maximum Gasteiger partial charge on any atom is 0.249 e. The molecule has 0 saturated heterocycles. The van der Waals surface area contributed by atoms with Gasteiger partial charge in [0.15, 0.2) is 5.12 Å². The molecule has 0 rings (SSSR count). The molecule has 0 aromatic rings. The summed E-state index contributed by atoms with van der Waals surface area (Å²) in [5.74, 6) is -1.53. The highest BCUT2D eigenvalue weighted by Crippen LogP contribution is 2.20. The van der Waals surface area contributed by atoms with Crippen LogP contribution in [-0.2, 0) is 14.4 Å². The molecule has 0 radical (unpaired) electrons. The van der Waals surface area contributed by atoms with Gasteiger partial charge in [0.2, 0.25) is 11.8 Å². The van der Waals surface area contributed by atoms with E-state index in [-0.39, 0.29) is 19.1 Å². The Morgan fingerprint density at radius 3 is 1.92 bits per heavy atom. The van der Waals surface area contributed by atoms with E-state index < -0.39 is 34.5 Å². The number of rotatable bonds is 23. The summed E-state index contributed by atoms with van der Waals surface area (Å²) in [4.78, 5) is 36.5. The lowest BCUT2D eigenvalue weighted by molar-refractivity contribution is -0.137. The molecule has 0 bridgehead atoms. The topological polar surface area (TPSA) is 116 Å². The van der Waals surface area contributed by atoms with Gasteiger partial charge in [-0.3, -0.25) is 14.4 Å². The minimum absolute atomic E-state index is 0.0609. The molecule has 7 nitrogen and oxygen atoms in total. The molecule has 0 spiro atoms. The molecule has 0 aromatic heterocycles. The number of thiol groups is 1. The summed E-state index contributed by atoms with van der Waals surface area (Å²) in [7, 11) is 0. The van der Waals surface area contributed by atoms with Gasteiger partial charge < -0.3 is 20.8 Å². The molecule has 216 valence electrons. The van der Waals surface area contributed by atoms with Crippen molar-refractivity contribution in [2.24, 2.45) is 11.3 Å². The summed E-state index contributed by atoms with van der Waals surface area (Å²) in [5.41, 5.74) is -1.01. The first-order valence-electron chi connectivity index (χ1n) is 14.3. The highest BCUT2D eigenvalue weighted by atomic mass is 32.1. The van der Waals surface area contributed by atoms with Gasteiger partial charge in [-0.25, -0.2) is 0 Å². The van der Waals surface area contributed by atoms with Gasteiger partial charge in [-0.2, -0.15) is 0 Å². The fourth-order valence-electron chi connectivity index (χ4n) is 4.01. The van der Waals surface area contributed by atoms with Crippen molar-refractivity contribution in [3.05, 3.63) is 12.2 Å². The van der Waals surface area contributed by atoms with Crippen LogP contribution in [0.4, 0.5) is 0 Å². The van der Waals surface area contributed by atoms with Crippen LogP contribution in [0.2, 0.25) is 0 Å². The van der Waals surface area contributed by atoms with Gasteiger partial charge in [-0.15, -0.1) is 12.6 Å². The van der Waals surface area contributed by atoms with E-state index in [4.69, 9.17) is 0 Å². The van der Waals surface area contributed by atoms with Crippen molar-refractivity contribution in [1.29, 1.82) is 0 Å². The molecule has 4 N–H and O–H groups in total. The van der Waals surface area contributed by atoms with Gasteiger partial charge in [0, 0.05) is 24.4 Å². The van der Waals surface area contributed by atoms with Crippen LogP contribution in [0.3, 0.4) is 0 Å². The summed E-state index contributed by atoms with van der Waals surface area (Å²) in [6.07, 6.45) is 19.2. The van der Waals surface area contributed by atoms with Gasteiger partial charge in [0.1, 0.15) is 6.10 Å². The molecule has 3 atom stereocenters. The fraction of sp³-hybridized carbons (Fsp3) is 0.828. The second kappa shape index (κ2) is 21.5. The molecule has 0 aliphatic heterocycles. The predicted octanol–water partition coefficient (Wildman–Crippen LogP) is 5.10. The van der Waals surface area contributed by atoms with Gasteiger partial charge in [0.05, 0.1) is 12.5 Å². The third-order valence-corrected chi connectivity index (χ3v) is 7.20. The summed E-state index contributed by atoms with van der Waals surface area (Å²) in [6, 6.07) is -0.510. The van der Waals surface area contributed by atoms with Crippen LogP contribution in [0.5, 0.6) is 0 Å². The fourth-order valence-corrected chi connectivity index (χ4v) is 4.32. The zero-order valence-electron chi connectivity index (χ0n) is 23.8. The highest BCUT2D eigenvalue weighted by Gasteiger charge is 2.34. The first-order valence-corrected chi connectivity index (χ1v) is 14.7. The number of aliphatic hydroxyl groups excluding tert-OH is 2. The third kappa shape index (κ3) is 17.7. The molecule has 0 aliphatic carbocycles. The smallest absolute Gasteiger partial charge is 0.249 e. The quantitative estimate of drug-likeness (QED) is 0.0700. The van der Waals surface area contributed by atoms with Gasteiger partial charge >= 0.3 is 0 Å². The summed E-state index contributed by atoms with van der Waals surface area (Å²) >= 11 is 3.90. The Labute approximate surface area is 231 Å².